The van der Waals surface area contributed by atoms with Gasteiger partial charge in [-0.3, -0.25) is 0 Å². The zero-order valence-corrected chi connectivity index (χ0v) is 18.6. The van der Waals surface area contributed by atoms with Gasteiger partial charge < -0.3 is 4.57 Å². The molecule has 2 heterocycles. The Morgan fingerprint density at radius 3 is 2.48 bits per heavy atom. The minimum atomic E-state index is 0.130. The zero-order valence-electron chi connectivity index (χ0n) is 17.8. The fourth-order valence-corrected chi connectivity index (χ4v) is 4.95. The third-order valence-corrected chi connectivity index (χ3v) is 6.65. The molecule has 31 heavy (non-hydrogen) atoms. The lowest BCUT2D eigenvalue weighted by Gasteiger charge is -2.17. The summed E-state index contributed by atoms with van der Waals surface area (Å²) < 4.78 is 2.27. The average Bonchev–Trinajstić information content (AvgIpc) is 3.44. The Kier molecular flexibility index (Phi) is 5.39. The number of thiazole rings is 1. The molecule has 5 aromatic rings. The van der Waals surface area contributed by atoms with Gasteiger partial charge in [-0.15, -0.1) is 11.3 Å². The summed E-state index contributed by atoms with van der Waals surface area (Å²) in [5, 5.41) is 3.18. The number of fused-ring (bicyclic) bond motifs is 1. The monoisotopic (exact) mass is 423 g/mol. The lowest BCUT2D eigenvalue weighted by atomic mass is 9.91. The SMILES string of the molecule is Cc1ccc(C(c2ccc3ncn(CCc4cccc(C)c4)c3c2)c2nccs2)cc1. The van der Waals surface area contributed by atoms with Crippen LogP contribution in [0.1, 0.15) is 38.7 Å². The molecule has 0 radical (unpaired) electrons. The van der Waals surface area contributed by atoms with Crippen molar-refractivity contribution < 1.29 is 0 Å². The highest BCUT2D eigenvalue weighted by atomic mass is 32.1. The quantitative estimate of drug-likeness (QED) is 0.311. The van der Waals surface area contributed by atoms with Gasteiger partial charge in [-0.25, -0.2) is 9.97 Å². The van der Waals surface area contributed by atoms with Crippen molar-refractivity contribution in [2.75, 3.05) is 0 Å². The second-order valence-corrected chi connectivity index (χ2v) is 9.07. The largest absolute Gasteiger partial charge is 0.330 e. The highest BCUT2D eigenvalue weighted by Gasteiger charge is 2.20. The van der Waals surface area contributed by atoms with Crippen molar-refractivity contribution in [3.63, 3.8) is 0 Å². The van der Waals surface area contributed by atoms with Crippen molar-refractivity contribution in [2.24, 2.45) is 0 Å². The van der Waals surface area contributed by atoms with E-state index in [4.69, 9.17) is 0 Å². The van der Waals surface area contributed by atoms with E-state index in [0.717, 1.165) is 23.5 Å². The molecule has 0 amide bonds. The molecule has 0 saturated heterocycles. The molecule has 1 atom stereocenters. The Labute approximate surface area is 187 Å². The molecular weight excluding hydrogens is 398 g/mol. The molecule has 5 rings (SSSR count). The number of hydrogen-bond acceptors (Lipinski definition) is 3. The molecule has 3 aromatic carbocycles. The molecular formula is C27H25N3S. The Hall–Kier alpha value is -3.24. The van der Waals surface area contributed by atoms with Gasteiger partial charge in [-0.1, -0.05) is 65.7 Å². The fourth-order valence-electron chi connectivity index (χ4n) is 4.16. The van der Waals surface area contributed by atoms with Crippen LogP contribution in [-0.4, -0.2) is 14.5 Å². The van der Waals surface area contributed by atoms with E-state index in [1.807, 2.05) is 12.5 Å². The minimum absolute atomic E-state index is 0.130. The van der Waals surface area contributed by atoms with Gasteiger partial charge in [0.15, 0.2) is 0 Å². The summed E-state index contributed by atoms with van der Waals surface area (Å²) in [5.41, 5.74) is 8.67. The summed E-state index contributed by atoms with van der Waals surface area (Å²) in [7, 11) is 0. The summed E-state index contributed by atoms with van der Waals surface area (Å²) in [6.07, 6.45) is 4.85. The maximum Gasteiger partial charge on any atom is 0.104 e. The van der Waals surface area contributed by atoms with E-state index in [1.54, 1.807) is 11.3 Å². The van der Waals surface area contributed by atoms with Gasteiger partial charge >= 0.3 is 0 Å². The lowest BCUT2D eigenvalue weighted by molar-refractivity contribution is 0.715. The van der Waals surface area contributed by atoms with Gasteiger partial charge in [-0.05, 0) is 49.1 Å². The topological polar surface area (TPSA) is 30.7 Å². The lowest BCUT2D eigenvalue weighted by Crippen LogP contribution is -2.04. The van der Waals surface area contributed by atoms with E-state index in [1.165, 1.54) is 33.3 Å². The first kappa shape index (κ1) is 19.7. The molecule has 0 fully saturated rings. The van der Waals surface area contributed by atoms with Crippen molar-refractivity contribution in [1.82, 2.24) is 14.5 Å². The van der Waals surface area contributed by atoms with Crippen LogP contribution in [-0.2, 0) is 13.0 Å². The van der Waals surface area contributed by atoms with Crippen LogP contribution in [0, 0.1) is 13.8 Å². The van der Waals surface area contributed by atoms with E-state index in [9.17, 15) is 0 Å². The highest BCUT2D eigenvalue weighted by Crippen LogP contribution is 2.34. The number of rotatable bonds is 6. The Morgan fingerprint density at radius 1 is 0.871 bits per heavy atom. The number of aromatic nitrogens is 3. The van der Waals surface area contributed by atoms with Crippen molar-refractivity contribution in [3.8, 4) is 0 Å². The molecule has 0 aliphatic heterocycles. The van der Waals surface area contributed by atoms with E-state index in [2.05, 4.69) is 100 Å². The third kappa shape index (κ3) is 4.17. The number of benzene rings is 3. The Morgan fingerprint density at radius 2 is 1.71 bits per heavy atom. The second kappa shape index (κ2) is 8.48. The molecule has 0 bridgehead atoms. The van der Waals surface area contributed by atoms with Crippen LogP contribution < -0.4 is 0 Å². The summed E-state index contributed by atoms with van der Waals surface area (Å²) in [6.45, 7) is 5.18. The Bertz CT molecular complexity index is 1300. The van der Waals surface area contributed by atoms with Crippen LogP contribution >= 0.6 is 11.3 Å². The number of imidazole rings is 1. The maximum absolute atomic E-state index is 4.66. The summed E-state index contributed by atoms with van der Waals surface area (Å²) in [4.78, 5) is 9.31. The first-order chi connectivity index (χ1) is 15.2. The summed E-state index contributed by atoms with van der Waals surface area (Å²) in [5.74, 6) is 0.130. The second-order valence-electron chi connectivity index (χ2n) is 8.14. The fraction of sp³-hybridized carbons (Fsp3) is 0.185. The highest BCUT2D eigenvalue weighted by molar-refractivity contribution is 7.09. The number of aryl methyl sites for hydroxylation is 4. The van der Waals surface area contributed by atoms with Gasteiger partial charge in [0, 0.05) is 18.1 Å². The van der Waals surface area contributed by atoms with Crippen LogP contribution in [0.15, 0.2) is 84.6 Å². The van der Waals surface area contributed by atoms with E-state index < -0.39 is 0 Å². The van der Waals surface area contributed by atoms with Gasteiger partial charge in [-0.2, -0.15) is 0 Å². The molecule has 0 N–H and O–H groups in total. The Balaban J connectivity index is 1.51. The third-order valence-electron chi connectivity index (χ3n) is 5.81. The minimum Gasteiger partial charge on any atom is -0.330 e. The zero-order chi connectivity index (χ0) is 21.2. The first-order valence-electron chi connectivity index (χ1n) is 10.6. The smallest absolute Gasteiger partial charge is 0.104 e. The normalized spacial score (nSPS) is 12.3. The van der Waals surface area contributed by atoms with Crippen LogP contribution in [0.3, 0.4) is 0 Å². The van der Waals surface area contributed by atoms with Crippen LogP contribution in [0.4, 0.5) is 0 Å². The van der Waals surface area contributed by atoms with Gasteiger partial charge in [0.2, 0.25) is 0 Å². The summed E-state index contributed by atoms with van der Waals surface area (Å²) in [6, 6.07) is 24.2. The molecule has 0 aliphatic carbocycles. The molecule has 0 saturated carbocycles. The molecule has 0 aliphatic rings. The van der Waals surface area contributed by atoms with Gasteiger partial charge in [0.25, 0.3) is 0 Å². The standard InChI is InChI=1S/C27H25N3S/c1-19-6-8-22(9-7-19)26(27-28-13-15-31-27)23-10-11-24-25(17-23)30(18-29-24)14-12-21-5-3-4-20(2)16-21/h3-11,13,15-18,26H,12,14H2,1-2H3. The predicted octanol–water partition coefficient (Wildman–Crippen LogP) is 6.53. The van der Waals surface area contributed by atoms with Crippen LogP contribution in [0.25, 0.3) is 11.0 Å². The van der Waals surface area contributed by atoms with E-state index >= 15 is 0 Å². The van der Waals surface area contributed by atoms with Gasteiger partial charge in [0.05, 0.1) is 23.3 Å². The van der Waals surface area contributed by atoms with Crippen LogP contribution in [0.5, 0.6) is 0 Å². The molecule has 1 unspecified atom stereocenters. The summed E-state index contributed by atoms with van der Waals surface area (Å²) >= 11 is 1.71. The molecule has 0 spiro atoms. The molecule has 154 valence electrons. The van der Waals surface area contributed by atoms with Crippen LogP contribution in [0.2, 0.25) is 0 Å². The van der Waals surface area contributed by atoms with Crippen molar-refractivity contribution >= 4 is 22.4 Å². The molecule has 4 heteroatoms. The van der Waals surface area contributed by atoms with E-state index in [0.29, 0.717) is 0 Å². The number of nitrogens with zero attached hydrogens (tertiary/aromatic N) is 3. The van der Waals surface area contributed by atoms with E-state index in [-0.39, 0.29) is 5.92 Å². The first-order valence-corrected chi connectivity index (χ1v) is 11.5. The van der Waals surface area contributed by atoms with Crippen molar-refractivity contribution in [2.45, 2.75) is 32.7 Å². The van der Waals surface area contributed by atoms with Gasteiger partial charge in [0.1, 0.15) is 5.01 Å². The number of hydrogen-bond donors (Lipinski definition) is 0. The maximum atomic E-state index is 4.66. The molecule has 3 nitrogen and oxygen atoms in total. The predicted molar refractivity (Wildman–Crippen MR) is 129 cm³/mol. The molecule has 2 aromatic heterocycles. The average molecular weight is 424 g/mol. The van der Waals surface area contributed by atoms with Crippen molar-refractivity contribution in [1.29, 1.82) is 0 Å². The van der Waals surface area contributed by atoms with Crippen molar-refractivity contribution in [3.05, 3.63) is 117 Å².